The van der Waals surface area contributed by atoms with Gasteiger partial charge < -0.3 is 15.1 Å². The minimum Gasteiger partial charge on any atom is -0.508 e. The van der Waals surface area contributed by atoms with E-state index in [1.54, 1.807) is 42.5 Å². The highest BCUT2D eigenvalue weighted by atomic mass is 16.3. The summed E-state index contributed by atoms with van der Waals surface area (Å²) in [5.74, 6) is -1.63. The summed E-state index contributed by atoms with van der Waals surface area (Å²) in [5.41, 5.74) is 1.88. The normalized spacial score (nSPS) is 18.2. The molecule has 144 valence electrons. The molecule has 3 aromatic rings. The Balaban J connectivity index is 1.87. The number of carbonyl (C=O) groups is 2. The predicted octanol–water partition coefficient (Wildman–Crippen LogP) is 4.01. The number of carbonyl (C=O) groups excluding carboxylic acids is 2. The molecule has 0 spiro atoms. The third kappa shape index (κ3) is 3.50. The summed E-state index contributed by atoms with van der Waals surface area (Å²) >= 11 is 0. The Labute approximate surface area is 168 Å². The number of rotatable bonds is 4. The van der Waals surface area contributed by atoms with E-state index >= 15 is 0 Å². The average molecular weight is 385 g/mol. The lowest BCUT2D eigenvalue weighted by Gasteiger charge is -2.25. The average Bonchev–Trinajstić information content (AvgIpc) is 2.99. The van der Waals surface area contributed by atoms with Crippen molar-refractivity contribution in [2.45, 2.75) is 12.6 Å². The Bertz CT molecular complexity index is 1090. The Morgan fingerprint density at radius 1 is 0.862 bits per heavy atom. The molecule has 1 aliphatic heterocycles. The van der Waals surface area contributed by atoms with Crippen LogP contribution in [0.15, 0.2) is 90.5 Å². The molecule has 1 aliphatic rings. The van der Waals surface area contributed by atoms with Crippen LogP contribution in [0, 0.1) is 0 Å². The van der Waals surface area contributed by atoms with Crippen LogP contribution < -0.4 is 0 Å². The van der Waals surface area contributed by atoms with Crippen molar-refractivity contribution in [3.63, 3.8) is 0 Å². The third-order valence-corrected chi connectivity index (χ3v) is 4.97. The molecule has 4 rings (SSSR count). The summed E-state index contributed by atoms with van der Waals surface area (Å²) in [7, 11) is 0. The molecule has 1 fully saturated rings. The Kier molecular flexibility index (Phi) is 4.87. The van der Waals surface area contributed by atoms with E-state index in [9.17, 15) is 19.8 Å². The third-order valence-electron chi connectivity index (χ3n) is 4.97. The molecule has 0 aliphatic carbocycles. The molecular weight excluding hydrogens is 366 g/mol. The van der Waals surface area contributed by atoms with E-state index < -0.39 is 17.7 Å². The van der Waals surface area contributed by atoms with Gasteiger partial charge in [-0.15, -0.1) is 0 Å². The molecule has 1 heterocycles. The summed E-state index contributed by atoms with van der Waals surface area (Å²) in [6.45, 7) is 0.206. The second-order valence-electron chi connectivity index (χ2n) is 6.87. The number of hydrogen-bond acceptors (Lipinski definition) is 4. The van der Waals surface area contributed by atoms with Gasteiger partial charge in [0.05, 0.1) is 11.6 Å². The SMILES string of the molecule is O=C1C(=O)N(Cc2ccccc2)C(c2cccc(O)c2)C1=C(O)c1ccccc1. The number of hydrogen-bond donors (Lipinski definition) is 2. The van der Waals surface area contributed by atoms with Gasteiger partial charge in [0.25, 0.3) is 11.7 Å². The van der Waals surface area contributed by atoms with Gasteiger partial charge in [0.1, 0.15) is 11.5 Å². The maximum absolute atomic E-state index is 12.9. The van der Waals surface area contributed by atoms with Crippen LogP contribution in [0.3, 0.4) is 0 Å². The summed E-state index contributed by atoms with van der Waals surface area (Å²) in [5, 5.41) is 20.9. The topological polar surface area (TPSA) is 77.8 Å². The number of nitrogens with zero attached hydrogens (tertiary/aromatic N) is 1. The standard InChI is InChI=1S/C24H19NO4/c26-19-13-7-12-18(14-19)21-20(22(27)17-10-5-2-6-11-17)23(28)24(29)25(21)15-16-8-3-1-4-9-16/h1-14,21,26-27H,15H2. The van der Waals surface area contributed by atoms with Crippen LogP contribution in [0.4, 0.5) is 0 Å². The number of ketones is 1. The lowest BCUT2D eigenvalue weighted by molar-refractivity contribution is -0.140. The molecule has 0 aromatic heterocycles. The molecular formula is C24H19NO4. The maximum atomic E-state index is 12.9. The number of phenols is 1. The molecule has 1 unspecified atom stereocenters. The molecule has 1 amide bonds. The van der Waals surface area contributed by atoms with Crippen LogP contribution in [0.25, 0.3) is 5.76 Å². The van der Waals surface area contributed by atoms with Crippen molar-refractivity contribution in [1.82, 2.24) is 4.90 Å². The van der Waals surface area contributed by atoms with Crippen molar-refractivity contribution in [3.05, 3.63) is 107 Å². The Hall–Kier alpha value is -3.86. The van der Waals surface area contributed by atoms with Crippen LogP contribution in [0.2, 0.25) is 0 Å². The highest BCUT2D eigenvalue weighted by Crippen LogP contribution is 2.40. The number of Topliss-reactive ketones (excluding diaryl/α,β-unsaturated/α-hetero) is 1. The van der Waals surface area contributed by atoms with E-state index in [1.807, 2.05) is 30.3 Å². The fourth-order valence-corrected chi connectivity index (χ4v) is 3.62. The number of benzene rings is 3. The van der Waals surface area contributed by atoms with Crippen LogP contribution in [-0.4, -0.2) is 26.8 Å². The number of aromatic hydroxyl groups is 1. The van der Waals surface area contributed by atoms with Crippen molar-refractivity contribution in [1.29, 1.82) is 0 Å². The first-order valence-corrected chi connectivity index (χ1v) is 9.23. The summed E-state index contributed by atoms with van der Waals surface area (Å²) < 4.78 is 0. The van der Waals surface area contributed by atoms with E-state index in [0.29, 0.717) is 11.1 Å². The first-order chi connectivity index (χ1) is 14.1. The lowest BCUT2D eigenvalue weighted by Crippen LogP contribution is -2.29. The zero-order valence-corrected chi connectivity index (χ0v) is 15.5. The van der Waals surface area contributed by atoms with Gasteiger partial charge in [0, 0.05) is 12.1 Å². The van der Waals surface area contributed by atoms with E-state index in [0.717, 1.165) is 5.56 Å². The number of aliphatic hydroxyl groups is 1. The monoisotopic (exact) mass is 385 g/mol. The van der Waals surface area contributed by atoms with Crippen molar-refractivity contribution < 1.29 is 19.8 Å². The Morgan fingerprint density at radius 2 is 1.52 bits per heavy atom. The summed E-state index contributed by atoms with van der Waals surface area (Å²) in [6, 6.07) is 23.6. The molecule has 0 saturated carbocycles. The minimum absolute atomic E-state index is 0.0164. The van der Waals surface area contributed by atoms with Gasteiger partial charge in [-0.25, -0.2) is 0 Å². The predicted molar refractivity (Wildman–Crippen MR) is 109 cm³/mol. The van der Waals surface area contributed by atoms with E-state index in [4.69, 9.17) is 0 Å². The zero-order valence-electron chi connectivity index (χ0n) is 15.5. The molecule has 0 bridgehead atoms. The fraction of sp³-hybridized carbons (Fsp3) is 0.0833. The molecule has 1 atom stereocenters. The van der Waals surface area contributed by atoms with Gasteiger partial charge in [-0.05, 0) is 23.3 Å². The minimum atomic E-state index is -0.803. The van der Waals surface area contributed by atoms with E-state index in [1.165, 1.54) is 17.0 Å². The summed E-state index contributed by atoms with van der Waals surface area (Å²) in [6.07, 6.45) is 0. The smallest absolute Gasteiger partial charge is 0.295 e. The molecule has 5 nitrogen and oxygen atoms in total. The quantitative estimate of drug-likeness (QED) is 0.404. The number of phenolic OH excluding ortho intramolecular Hbond substituents is 1. The van der Waals surface area contributed by atoms with Gasteiger partial charge in [0.2, 0.25) is 0 Å². The highest BCUT2D eigenvalue weighted by molar-refractivity contribution is 6.46. The van der Waals surface area contributed by atoms with Gasteiger partial charge in [-0.2, -0.15) is 0 Å². The fourth-order valence-electron chi connectivity index (χ4n) is 3.62. The van der Waals surface area contributed by atoms with Gasteiger partial charge in [0.15, 0.2) is 0 Å². The summed E-state index contributed by atoms with van der Waals surface area (Å²) in [4.78, 5) is 27.2. The van der Waals surface area contributed by atoms with Gasteiger partial charge in [-0.3, -0.25) is 9.59 Å². The van der Waals surface area contributed by atoms with Crippen LogP contribution in [-0.2, 0) is 16.1 Å². The highest BCUT2D eigenvalue weighted by Gasteiger charge is 2.46. The zero-order chi connectivity index (χ0) is 20.4. The second kappa shape index (κ2) is 7.64. The second-order valence-corrected chi connectivity index (χ2v) is 6.87. The number of aliphatic hydroxyl groups excluding tert-OH is 1. The molecule has 29 heavy (non-hydrogen) atoms. The van der Waals surface area contributed by atoms with Gasteiger partial charge >= 0.3 is 0 Å². The molecule has 5 heteroatoms. The number of likely N-dealkylation sites (tertiary alicyclic amines) is 1. The van der Waals surface area contributed by atoms with E-state index in [-0.39, 0.29) is 23.6 Å². The van der Waals surface area contributed by atoms with E-state index in [2.05, 4.69) is 0 Å². The maximum Gasteiger partial charge on any atom is 0.295 e. The lowest BCUT2D eigenvalue weighted by atomic mass is 9.95. The van der Waals surface area contributed by atoms with Crippen LogP contribution in [0.1, 0.15) is 22.7 Å². The molecule has 3 aromatic carbocycles. The van der Waals surface area contributed by atoms with Crippen LogP contribution in [0.5, 0.6) is 5.75 Å². The Morgan fingerprint density at radius 3 is 2.17 bits per heavy atom. The largest absolute Gasteiger partial charge is 0.508 e. The van der Waals surface area contributed by atoms with Gasteiger partial charge in [-0.1, -0.05) is 72.8 Å². The van der Waals surface area contributed by atoms with Crippen LogP contribution >= 0.6 is 0 Å². The molecule has 0 radical (unpaired) electrons. The number of amides is 1. The molecule has 2 N–H and O–H groups in total. The first kappa shape index (κ1) is 18.5. The first-order valence-electron chi connectivity index (χ1n) is 9.23. The van der Waals surface area contributed by atoms with Crippen molar-refractivity contribution in [3.8, 4) is 5.75 Å². The van der Waals surface area contributed by atoms with Crippen molar-refractivity contribution >= 4 is 17.4 Å². The molecule has 1 saturated heterocycles. The van der Waals surface area contributed by atoms with Crippen molar-refractivity contribution in [2.24, 2.45) is 0 Å². The van der Waals surface area contributed by atoms with Crippen molar-refractivity contribution in [2.75, 3.05) is 0 Å².